The Morgan fingerprint density at radius 2 is 1.62 bits per heavy atom. The minimum atomic E-state index is -3.50. The first-order valence-electron chi connectivity index (χ1n) is 4.60. The molecular formula is C10H15O5P. The van der Waals surface area contributed by atoms with Gasteiger partial charge in [0.05, 0.1) is 7.11 Å². The van der Waals surface area contributed by atoms with Crippen LogP contribution in [0.3, 0.4) is 0 Å². The Labute approximate surface area is 94.5 Å². The van der Waals surface area contributed by atoms with E-state index in [9.17, 15) is 9.67 Å². The molecule has 0 heterocycles. The van der Waals surface area contributed by atoms with Crippen molar-refractivity contribution in [3.05, 3.63) is 29.8 Å². The number of benzene rings is 1. The SMILES string of the molecule is COc1ccc([C@@H](O)P(=O)(OC)OC)cc1. The molecule has 0 saturated heterocycles. The number of ether oxygens (including phenoxy) is 1. The Kier molecular flexibility index (Phi) is 4.50. The first kappa shape index (κ1) is 13.2. The molecule has 5 nitrogen and oxygen atoms in total. The van der Waals surface area contributed by atoms with Crippen LogP contribution in [0.5, 0.6) is 5.75 Å². The van der Waals surface area contributed by atoms with E-state index in [2.05, 4.69) is 0 Å². The van der Waals surface area contributed by atoms with Crippen LogP contribution in [0.25, 0.3) is 0 Å². The van der Waals surface area contributed by atoms with E-state index in [1.54, 1.807) is 31.4 Å². The molecule has 0 spiro atoms. The predicted molar refractivity (Wildman–Crippen MR) is 59.6 cm³/mol. The Morgan fingerprint density at radius 3 is 2.00 bits per heavy atom. The first-order valence-corrected chi connectivity index (χ1v) is 6.21. The Bertz CT molecular complexity index is 367. The van der Waals surface area contributed by atoms with Crippen molar-refractivity contribution in [3.63, 3.8) is 0 Å². The van der Waals surface area contributed by atoms with Crippen LogP contribution in [0.4, 0.5) is 0 Å². The fraction of sp³-hybridized carbons (Fsp3) is 0.400. The summed E-state index contributed by atoms with van der Waals surface area (Å²) in [5, 5.41) is 9.85. The van der Waals surface area contributed by atoms with Gasteiger partial charge in [-0.05, 0) is 17.7 Å². The second kappa shape index (κ2) is 5.46. The molecule has 16 heavy (non-hydrogen) atoms. The quantitative estimate of drug-likeness (QED) is 0.806. The summed E-state index contributed by atoms with van der Waals surface area (Å²) in [5.74, 6) is -0.644. The first-order chi connectivity index (χ1) is 7.57. The summed E-state index contributed by atoms with van der Waals surface area (Å²) in [6, 6.07) is 6.53. The lowest BCUT2D eigenvalue weighted by atomic mass is 10.2. The maximum atomic E-state index is 11.9. The van der Waals surface area contributed by atoms with Gasteiger partial charge in [-0.2, -0.15) is 0 Å². The minimum absolute atomic E-state index is 0.452. The van der Waals surface area contributed by atoms with Gasteiger partial charge in [0.25, 0.3) is 0 Å². The number of hydrogen-bond donors (Lipinski definition) is 1. The molecule has 0 aliphatic rings. The molecule has 0 unspecified atom stereocenters. The second-order valence-corrected chi connectivity index (χ2v) is 5.35. The molecule has 1 rings (SSSR count). The molecule has 0 fully saturated rings. The highest BCUT2D eigenvalue weighted by molar-refractivity contribution is 7.53. The summed E-state index contributed by atoms with van der Waals surface area (Å²) in [6.07, 6.45) is 0. The fourth-order valence-electron chi connectivity index (χ4n) is 1.23. The van der Waals surface area contributed by atoms with E-state index >= 15 is 0 Å². The smallest absolute Gasteiger partial charge is 0.362 e. The molecular weight excluding hydrogens is 231 g/mol. The highest BCUT2D eigenvalue weighted by Crippen LogP contribution is 2.58. The molecule has 1 aromatic rings. The third-order valence-corrected chi connectivity index (χ3v) is 4.14. The predicted octanol–water partition coefficient (Wildman–Crippen LogP) is 2.17. The van der Waals surface area contributed by atoms with Crippen LogP contribution in [-0.4, -0.2) is 26.4 Å². The second-order valence-electron chi connectivity index (χ2n) is 3.05. The fourth-order valence-corrected chi connectivity index (χ4v) is 2.32. The molecule has 1 atom stereocenters. The van der Waals surface area contributed by atoms with E-state index in [0.717, 1.165) is 0 Å². The highest BCUT2D eigenvalue weighted by atomic mass is 31.2. The molecule has 1 N–H and O–H groups in total. The number of hydrogen-bond acceptors (Lipinski definition) is 5. The number of aliphatic hydroxyl groups excluding tert-OH is 1. The van der Waals surface area contributed by atoms with Crippen LogP contribution in [0.2, 0.25) is 0 Å². The molecule has 0 aliphatic heterocycles. The molecule has 0 radical (unpaired) electrons. The van der Waals surface area contributed by atoms with E-state index in [-0.39, 0.29) is 0 Å². The topological polar surface area (TPSA) is 65.0 Å². The van der Waals surface area contributed by atoms with Gasteiger partial charge in [0.1, 0.15) is 5.75 Å². The Balaban J connectivity index is 2.95. The van der Waals surface area contributed by atoms with Gasteiger partial charge in [0.2, 0.25) is 0 Å². The summed E-state index contributed by atoms with van der Waals surface area (Å²) in [7, 11) is 0.506. The van der Waals surface area contributed by atoms with Gasteiger partial charge in [-0.3, -0.25) is 4.57 Å². The highest BCUT2D eigenvalue weighted by Gasteiger charge is 2.33. The minimum Gasteiger partial charge on any atom is -0.497 e. The molecule has 90 valence electrons. The van der Waals surface area contributed by atoms with Crippen molar-refractivity contribution < 1.29 is 23.5 Å². The standard InChI is InChI=1S/C10H15O5P/c1-13-9-6-4-8(5-7-9)10(11)16(12,14-2)15-3/h4-7,10-11H,1-3H3/t10-/m0/s1. The van der Waals surface area contributed by atoms with Gasteiger partial charge in [-0.15, -0.1) is 0 Å². The van der Waals surface area contributed by atoms with E-state index in [0.29, 0.717) is 11.3 Å². The molecule has 0 saturated carbocycles. The van der Waals surface area contributed by atoms with Crippen molar-refractivity contribution >= 4 is 7.60 Å². The molecule has 0 aliphatic carbocycles. The average molecular weight is 246 g/mol. The van der Waals surface area contributed by atoms with E-state index in [1.165, 1.54) is 14.2 Å². The lowest BCUT2D eigenvalue weighted by Gasteiger charge is -2.19. The monoisotopic (exact) mass is 246 g/mol. The summed E-state index contributed by atoms with van der Waals surface area (Å²) >= 11 is 0. The normalized spacial score (nSPS) is 13.5. The Morgan fingerprint density at radius 1 is 1.12 bits per heavy atom. The Hall–Kier alpha value is -0.870. The van der Waals surface area contributed by atoms with Gasteiger partial charge < -0.3 is 18.9 Å². The largest absolute Gasteiger partial charge is 0.497 e. The van der Waals surface area contributed by atoms with Crippen molar-refractivity contribution in [2.75, 3.05) is 21.3 Å². The van der Waals surface area contributed by atoms with Crippen LogP contribution in [-0.2, 0) is 13.6 Å². The van der Waals surface area contributed by atoms with Crippen LogP contribution < -0.4 is 4.74 Å². The molecule has 0 bridgehead atoms. The maximum Gasteiger partial charge on any atom is 0.362 e. The molecule has 0 aromatic heterocycles. The van der Waals surface area contributed by atoms with Crippen molar-refractivity contribution in [1.82, 2.24) is 0 Å². The van der Waals surface area contributed by atoms with E-state index < -0.39 is 13.4 Å². The molecule has 6 heteroatoms. The summed E-state index contributed by atoms with van der Waals surface area (Å²) in [5.41, 5.74) is 0.452. The molecule has 0 amide bonds. The number of rotatable bonds is 5. The van der Waals surface area contributed by atoms with Crippen molar-refractivity contribution in [2.45, 2.75) is 5.85 Å². The number of methoxy groups -OCH3 is 1. The lowest BCUT2D eigenvalue weighted by Crippen LogP contribution is -2.02. The van der Waals surface area contributed by atoms with Gasteiger partial charge in [-0.1, -0.05) is 12.1 Å². The zero-order chi connectivity index (χ0) is 12.2. The maximum absolute atomic E-state index is 11.9. The van der Waals surface area contributed by atoms with Crippen molar-refractivity contribution in [2.24, 2.45) is 0 Å². The lowest BCUT2D eigenvalue weighted by molar-refractivity contribution is 0.176. The van der Waals surface area contributed by atoms with Gasteiger partial charge in [0, 0.05) is 14.2 Å². The third kappa shape index (κ3) is 2.62. The van der Waals surface area contributed by atoms with Crippen molar-refractivity contribution in [1.29, 1.82) is 0 Å². The zero-order valence-corrected chi connectivity index (χ0v) is 10.3. The van der Waals surface area contributed by atoms with Gasteiger partial charge in [0.15, 0.2) is 5.85 Å². The number of aliphatic hydroxyl groups is 1. The van der Waals surface area contributed by atoms with Crippen LogP contribution in [0.15, 0.2) is 24.3 Å². The molecule has 1 aromatic carbocycles. The van der Waals surface area contributed by atoms with E-state index in [1.807, 2.05) is 0 Å². The summed E-state index contributed by atoms with van der Waals surface area (Å²) in [6.45, 7) is 0. The average Bonchev–Trinajstić information content (AvgIpc) is 2.37. The van der Waals surface area contributed by atoms with Gasteiger partial charge >= 0.3 is 7.60 Å². The third-order valence-electron chi connectivity index (χ3n) is 2.22. The summed E-state index contributed by atoms with van der Waals surface area (Å²) < 4.78 is 26.3. The van der Waals surface area contributed by atoms with E-state index in [4.69, 9.17) is 13.8 Å². The summed E-state index contributed by atoms with van der Waals surface area (Å²) in [4.78, 5) is 0. The van der Waals surface area contributed by atoms with Crippen LogP contribution >= 0.6 is 7.60 Å². The van der Waals surface area contributed by atoms with Crippen LogP contribution in [0.1, 0.15) is 11.4 Å². The van der Waals surface area contributed by atoms with Crippen molar-refractivity contribution in [3.8, 4) is 5.75 Å². The zero-order valence-electron chi connectivity index (χ0n) is 9.41. The van der Waals surface area contributed by atoms with Crippen LogP contribution in [0, 0.1) is 0 Å². The van der Waals surface area contributed by atoms with Gasteiger partial charge in [-0.25, -0.2) is 0 Å².